The average molecular weight is 889 g/mol. The molecule has 4 aromatic carbocycles. The Morgan fingerprint density at radius 2 is 1.06 bits per heavy atom. The Morgan fingerprint density at radius 3 is 1.46 bits per heavy atom. The van der Waals surface area contributed by atoms with Gasteiger partial charge in [-0.3, -0.25) is 0 Å². The molecule has 0 amide bonds. The van der Waals surface area contributed by atoms with Crippen molar-refractivity contribution < 1.29 is 47.2 Å². The van der Waals surface area contributed by atoms with Gasteiger partial charge in [-0.15, -0.1) is 0 Å². The summed E-state index contributed by atoms with van der Waals surface area (Å²) < 4.78 is 54.2. The first-order valence-corrected chi connectivity index (χ1v) is 21.1. The number of carbonyl (C=O) groups excluding carboxylic acids is 1. The van der Waals surface area contributed by atoms with E-state index in [0.29, 0.717) is 81.3 Å². The van der Waals surface area contributed by atoms with E-state index in [9.17, 15) is 18.4 Å². The van der Waals surface area contributed by atoms with Crippen molar-refractivity contribution in [3.8, 4) is 23.0 Å². The number of carbonyl (C=O) groups is 2. The van der Waals surface area contributed by atoms with Crippen LogP contribution in [0.15, 0.2) is 122 Å². The number of anilines is 4. The first kappa shape index (κ1) is 45.4. The molecule has 4 heterocycles. The van der Waals surface area contributed by atoms with Gasteiger partial charge < -0.3 is 49.2 Å². The molecule has 65 heavy (non-hydrogen) atoms. The third kappa shape index (κ3) is 11.9. The van der Waals surface area contributed by atoms with Crippen molar-refractivity contribution in [1.29, 1.82) is 0 Å². The van der Waals surface area contributed by atoms with Crippen molar-refractivity contribution in [2.45, 2.75) is 25.9 Å². The van der Waals surface area contributed by atoms with Crippen LogP contribution in [0.2, 0.25) is 0 Å². The van der Waals surface area contributed by atoms with Crippen LogP contribution in [0.1, 0.15) is 57.8 Å². The number of aromatic nitrogens is 2. The molecule has 0 unspecified atom stereocenters. The molecule has 0 fully saturated rings. The number of halogens is 2. The Labute approximate surface area is 375 Å². The lowest BCUT2D eigenvalue weighted by atomic mass is 10.1. The van der Waals surface area contributed by atoms with Crippen LogP contribution in [-0.2, 0) is 4.74 Å². The van der Waals surface area contributed by atoms with E-state index in [0.717, 1.165) is 34.0 Å². The highest BCUT2D eigenvalue weighted by molar-refractivity contribution is 5.89. The number of fused-ring (bicyclic) bond motifs is 2. The molecular weight excluding hydrogens is 839 g/mol. The highest BCUT2D eigenvalue weighted by Gasteiger charge is 2.25. The largest absolute Gasteiger partial charge is 0.492 e. The molecule has 8 rings (SSSR count). The monoisotopic (exact) mass is 888 g/mol. The number of hydrogen-bond donors (Lipinski definition) is 3. The number of aromatic carboxylic acids is 1. The maximum Gasteiger partial charge on any atom is 0.337 e. The molecule has 2 aromatic heterocycles. The molecule has 6 aromatic rings. The number of hydrogen-bond acceptors (Lipinski definition) is 13. The predicted octanol–water partition coefficient (Wildman–Crippen LogP) is 8.83. The van der Waals surface area contributed by atoms with Crippen LogP contribution in [0, 0.1) is 11.6 Å². The molecular formula is C49H50F2N6O8. The number of esters is 1. The van der Waals surface area contributed by atoms with E-state index < -0.39 is 5.97 Å². The van der Waals surface area contributed by atoms with Crippen molar-refractivity contribution in [2.24, 2.45) is 0 Å². The molecule has 2 atom stereocenters. The van der Waals surface area contributed by atoms with E-state index in [1.807, 2.05) is 38.1 Å². The van der Waals surface area contributed by atoms with Crippen LogP contribution in [0.3, 0.4) is 0 Å². The van der Waals surface area contributed by atoms with Crippen molar-refractivity contribution in [3.63, 3.8) is 0 Å². The molecule has 14 nitrogen and oxygen atoms in total. The SMILES string of the molecule is COC(=O)c1ccc([C@H](C)Nc2nccc3c2N(CCOc2ccc(F)cc2)CCO3)cc1.C[C@H](Nc1nccc2c1N(CCOc1ccc(F)cc1)CCO2)c1ccc(C(=O)O)cc1. The van der Waals surface area contributed by atoms with Crippen molar-refractivity contribution in [1.82, 2.24) is 9.97 Å². The topological polar surface area (TPSA) is 157 Å². The maximum atomic E-state index is 13.1. The lowest BCUT2D eigenvalue weighted by molar-refractivity contribution is 0.0599. The van der Waals surface area contributed by atoms with Gasteiger partial charge in [-0.2, -0.15) is 0 Å². The third-order valence-electron chi connectivity index (χ3n) is 10.7. The number of ether oxygens (including phenoxy) is 5. The maximum absolute atomic E-state index is 13.1. The smallest absolute Gasteiger partial charge is 0.337 e. The highest BCUT2D eigenvalue weighted by Crippen LogP contribution is 2.39. The van der Waals surface area contributed by atoms with Crippen LogP contribution in [0.25, 0.3) is 0 Å². The van der Waals surface area contributed by atoms with Gasteiger partial charge >= 0.3 is 11.9 Å². The summed E-state index contributed by atoms with van der Waals surface area (Å²) in [5.74, 6) is 2.22. The summed E-state index contributed by atoms with van der Waals surface area (Å²) >= 11 is 0. The lowest BCUT2D eigenvalue weighted by Gasteiger charge is -2.33. The summed E-state index contributed by atoms with van der Waals surface area (Å²) in [6.45, 7) is 8.60. The number of nitrogens with zero attached hydrogens (tertiary/aromatic N) is 4. The number of rotatable bonds is 16. The Hall–Kier alpha value is -7.62. The molecule has 0 aliphatic carbocycles. The van der Waals surface area contributed by atoms with Crippen LogP contribution < -0.4 is 39.4 Å². The van der Waals surface area contributed by atoms with E-state index in [2.05, 4.69) is 30.4 Å². The van der Waals surface area contributed by atoms with Gasteiger partial charge in [-0.1, -0.05) is 24.3 Å². The van der Waals surface area contributed by atoms with E-state index in [-0.39, 0.29) is 35.3 Å². The highest BCUT2D eigenvalue weighted by atomic mass is 19.1. The number of carboxylic acids is 1. The Morgan fingerprint density at radius 1 is 0.646 bits per heavy atom. The second-order valence-electron chi connectivity index (χ2n) is 15.1. The molecule has 0 radical (unpaired) electrons. The summed E-state index contributed by atoms with van der Waals surface area (Å²) in [7, 11) is 1.36. The van der Waals surface area contributed by atoms with E-state index in [1.54, 1.807) is 73.1 Å². The molecule has 0 saturated carbocycles. The number of carboxylic acid groups (broad SMARTS) is 1. The van der Waals surface area contributed by atoms with Crippen LogP contribution in [0.4, 0.5) is 31.8 Å². The number of methoxy groups -OCH3 is 1. The first-order valence-electron chi connectivity index (χ1n) is 21.1. The second-order valence-corrected chi connectivity index (χ2v) is 15.1. The summed E-state index contributed by atoms with van der Waals surface area (Å²) in [4.78, 5) is 36.2. The Kier molecular flexibility index (Phi) is 15.1. The van der Waals surface area contributed by atoms with Gasteiger partial charge in [0.25, 0.3) is 0 Å². The lowest BCUT2D eigenvalue weighted by Crippen LogP contribution is -2.36. The van der Waals surface area contributed by atoms with Gasteiger partial charge in [0.2, 0.25) is 0 Å². The summed E-state index contributed by atoms with van der Waals surface area (Å²) in [6, 6.07) is 29.5. The second kappa shape index (κ2) is 21.6. The zero-order valence-corrected chi connectivity index (χ0v) is 36.2. The average Bonchev–Trinajstić information content (AvgIpc) is 3.33. The standard InChI is InChI=1S/C25H26FN3O4.C24H24FN3O4/c1-17(18-3-5-19(6-4-18)25(30)31-2)28-24-23-22(11-12-27-24)33-16-14-29(23)13-15-32-21-9-7-20(26)8-10-21;1-16(17-2-4-18(5-3-17)24(29)30)27-23-22-21(10-11-26-23)32-15-13-28(22)12-14-31-20-8-6-19(25)7-9-20/h3-12,17H,13-16H2,1-2H3,(H,27,28);2-11,16H,12-15H2,1H3,(H,26,27)(H,29,30)/t17-;16-/m00/s1. The Bertz CT molecular complexity index is 2510. The molecule has 16 heteroatoms. The third-order valence-corrected chi connectivity index (χ3v) is 10.7. The van der Waals surface area contributed by atoms with Crippen molar-refractivity contribution in [3.05, 3.63) is 155 Å². The summed E-state index contributed by atoms with van der Waals surface area (Å²) in [5, 5.41) is 16.0. The molecule has 3 N–H and O–H groups in total. The zero-order chi connectivity index (χ0) is 45.7. The van der Waals surface area contributed by atoms with Crippen LogP contribution in [-0.4, -0.2) is 86.7 Å². The van der Waals surface area contributed by atoms with Gasteiger partial charge in [0.15, 0.2) is 11.6 Å². The molecule has 338 valence electrons. The van der Waals surface area contributed by atoms with Crippen LogP contribution >= 0.6 is 0 Å². The van der Waals surface area contributed by atoms with Crippen molar-refractivity contribution >= 4 is 34.9 Å². The number of benzene rings is 4. The summed E-state index contributed by atoms with van der Waals surface area (Å²) in [5.41, 5.74) is 4.43. The predicted molar refractivity (Wildman–Crippen MR) is 243 cm³/mol. The number of nitrogens with one attached hydrogen (secondary N) is 2. The fraction of sp³-hybridized carbons (Fsp3) is 0.265. The molecule has 0 bridgehead atoms. The minimum atomic E-state index is -0.952. The van der Waals surface area contributed by atoms with E-state index in [1.165, 1.54) is 31.4 Å². The van der Waals surface area contributed by atoms with Crippen LogP contribution in [0.5, 0.6) is 23.0 Å². The summed E-state index contributed by atoms with van der Waals surface area (Å²) in [6.07, 6.45) is 3.41. The fourth-order valence-electron chi connectivity index (χ4n) is 7.26. The first-order chi connectivity index (χ1) is 31.6. The molecule has 2 aliphatic heterocycles. The van der Waals surface area contributed by atoms with Gasteiger partial charge in [0.05, 0.1) is 56.5 Å². The molecule has 0 saturated heterocycles. The van der Waals surface area contributed by atoms with E-state index >= 15 is 0 Å². The van der Waals surface area contributed by atoms with E-state index in [4.69, 9.17) is 28.8 Å². The van der Waals surface area contributed by atoms with Gasteiger partial charge in [-0.05, 0) is 97.8 Å². The normalized spacial score (nSPS) is 13.6. The minimum absolute atomic E-state index is 0.0602. The molecule has 2 aliphatic rings. The fourth-order valence-corrected chi connectivity index (χ4v) is 7.26. The minimum Gasteiger partial charge on any atom is -0.492 e. The Balaban J connectivity index is 0.000000194. The van der Waals surface area contributed by atoms with Gasteiger partial charge in [0, 0.05) is 24.5 Å². The van der Waals surface area contributed by atoms with Gasteiger partial charge in [0.1, 0.15) is 72.4 Å². The van der Waals surface area contributed by atoms with Crippen molar-refractivity contribution in [2.75, 3.05) is 80.1 Å². The quantitative estimate of drug-likeness (QED) is 0.0792. The molecule has 0 spiro atoms. The number of pyridine rings is 2. The zero-order valence-electron chi connectivity index (χ0n) is 36.2. The van der Waals surface area contributed by atoms with Gasteiger partial charge in [-0.25, -0.2) is 28.3 Å².